The van der Waals surface area contributed by atoms with Crippen LogP contribution in [0.25, 0.3) is 0 Å². The smallest absolute Gasteiger partial charge is 0.315 e. The van der Waals surface area contributed by atoms with Crippen LogP contribution in [0.2, 0.25) is 0 Å². The zero-order valence-electron chi connectivity index (χ0n) is 12.3. The highest BCUT2D eigenvalue weighted by atomic mass is 16.5. The zero-order valence-corrected chi connectivity index (χ0v) is 12.3. The molecule has 3 N–H and O–H groups in total. The Morgan fingerprint density at radius 2 is 1.80 bits per heavy atom. The standard InChI is InChI=1S/C15H28N2O3/c18-11-5-10-16-15(19)17-13-8-3-4-9-14(13)20-12-6-1-2-7-12/h12-14,18H,1-11H2,(H2,16,17,19)/t13-,14-/m1/s1. The highest BCUT2D eigenvalue weighted by Crippen LogP contribution is 2.28. The first-order valence-electron chi connectivity index (χ1n) is 8.10. The Morgan fingerprint density at radius 1 is 1.10 bits per heavy atom. The van der Waals surface area contributed by atoms with Gasteiger partial charge < -0.3 is 20.5 Å². The van der Waals surface area contributed by atoms with Crippen molar-refractivity contribution in [1.82, 2.24) is 10.6 Å². The summed E-state index contributed by atoms with van der Waals surface area (Å²) in [5, 5.41) is 14.5. The van der Waals surface area contributed by atoms with Crippen LogP contribution in [0.1, 0.15) is 57.8 Å². The Kier molecular flexibility index (Phi) is 6.60. The average molecular weight is 284 g/mol. The maximum atomic E-state index is 11.8. The van der Waals surface area contributed by atoms with Crippen molar-refractivity contribution < 1.29 is 14.6 Å². The molecule has 0 heterocycles. The summed E-state index contributed by atoms with van der Waals surface area (Å²) in [6.07, 6.45) is 10.5. The van der Waals surface area contributed by atoms with Crippen LogP contribution in [-0.2, 0) is 4.74 Å². The molecular formula is C15H28N2O3. The van der Waals surface area contributed by atoms with Gasteiger partial charge in [0, 0.05) is 13.2 Å². The number of aliphatic hydroxyl groups excluding tert-OH is 1. The molecule has 0 aromatic heterocycles. The molecule has 20 heavy (non-hydrogen) atoms. The summed E-state index contributed by atoms with van der Waals surface area (Å²) in [5.41, 5.74) is 0. The van der Waals surface area contributed by atoms with E-state index in [0.29, 0.717) is 19.1 Å². The topological polar surface area (TPSA) is 70.6 Å². The number of hydrogen-bond donors (Lipinski definition) is 3. The van der Waals surface area contributed by atoms with Gasteiger partial charge in [-0.05, 0) is 32.1 Å². The first-order valence-corrected chi connectivity index (χ1v) is 8.10. The van der Waals surface area contributed by atoms with Gasteiger partial charge in [-0.2, -0.15) is 0 Å². The Morgan fingerprint density at radius 3 is 2.55 bits per heavy atom. The van der Waals surface area contributed by atoms with Crippen LogP contribution in [0.4, 0.5) is 4.79 Å². The van der Waals surface area contributed by atoms with Gasteiger partial charge in [0.25, 0.3) is 0 Å². The summed E-state index contributed by atoms with van der Waals surface area (Å²) in [6, 6.07) is 0.00356. The number of hydrogen-bond acceptors (Lipinski definition) is 3. The van der Waals surface area contributed by atoms with E-state index in [2.05, 4.69) is 10.6 Å². The predicted octanol–water partition coefficient (Wildman–Crippen LogP) is 1.94. The Hall–Kier alpha value is -0.810. The van der Waals surface area contributed by atoms with Crippen molar-refractivity contribution in [2.75, 3.05) is 13.2 Å². The maximum Gasteiger partial charge on any atom is 0.315 e. The minimum Gasteiger partial charge on any atom is -0.396 e. The summed E-state index contributed by atoms with van der Waals surface area (Å²) < 4.78 is 6.21. The maximum absolute atomic E-state index is 11.8. The number of nitrogens with one attached hydrogen (secondary N) is 2. The second kappa shape index (κ2) is 8.47. The van der Waals surface area contributed by atoms with Gasteiger partial charge in [0.15, 0.2) is 0 Å². The van der Waals surface area contributed by atoms with Crippen molar-refractivity contribution in [1.29, 1.82) is 0 Å². The van der Waals surface area contributed by atoms with Gasteiger partial charge in [-0.3, -0.25) is 0 Å². The first kappa shape index (κ1) is 15.6. The predicted molar refractivity (Wildman–Crippen MR) is 77.6 cm³/mol. The van der Waals surface area contributed by atoms with Crippen molar-refractivity contribution in [3.63, 3.8) is 0 Å². The second-order valence-electron chi connectivity index (χ2n) is 5.95. The van der Waals surface area contributed by atoms with Gasteiger partial charge in [0.1, 0.15) is 0 Å². The van der Waals surface area contributed by atoms with E-state index in [9.17, 15) is 4.79 Å². The Balaban J connectivity index is 1.75. The van der Waals surface area contributed by atoms with E-state index >= 15 is 0 Å². The highest BCUT2D eigenvalue weighted by molar-refractivity contribution is 5.74. The van der Waals surface area contributed by atoms with Gasteiger partial charge in [0.2, 0.25) is 0 Å². The minimum absolute atomic E-state index is 0.108. The van der Waals surface area contributed by atoms with Crippen molar-refractivity contribution in [3.05, 3.63) is 0 Å². The zero-order chi connectivity index (χ0) is 14.2. The summed E-state index contributed by atoms with van der Waals surface area (Å²) in [7, 11) is 0. The third-order valence-electron chi connectivity index (χ3n) is 4.31. The van der Waals surface area contributed by atoms with Crippen LogP contribution in [0.5, 0.6) is 0 Å². The lowest BCUT2D eigenvalue weighted by Gasteiger charge is -2.34. The molecule has 0 saturated heterocycles. The van der Waals surface area contributed by atoms with Gasteiger partial charge in [-0.15, -0.1) is 0 Å². The molecule has 2 aliphatic rings. The molecule has 0 unspecified atom stereocenters. The van der Waals surface area contributed by atoms with E-state index in [1.54, 1.807) is 0 Å². The van der Waals surface area contributed by atoms with E-state index in [4.69, 9.17) is 9.84 Å². The fraction of sp³-hybridized carbons (Fsp3) is 0.933. The number of carbonyl (C=O) groups is 1. The SMILES string of the molecule is O=C(NCCCO)N[C@@H]1CCCC[C@H]1OC1CCCC1. The van der Waals surface area contributed by atoms with Gasteiger partial charge in [-0.1, -0.05) is 25.7 Å². The molecule has 2 atom stereocenters. The molecule has 2 amide bonds. The highest BCUT2D eigenvalue weighted by Gasteiger charge is 2.30. The van der Waals surface area contributed by atoms with Crippen LogP contribution >= 0.6 is 0 Å². The molecule has 2 rings (SSSR count). The molecular weight excluding hydrogens is 256 g/mol. The van der Waals surface area contributed by atoms with Crippen molar-refractivity contribution in [3.8, 4) is 0 Å². The fourth-order valence-electron chi connectivity index (χ4n) is 3.20. The van der Waals surface area contributed by atoms with Crippen molar-refractivity contribution >= 4 is 6.03 Å². The van der Waals surface area contributed by atoms with E-state index in [1.165, 1.54) is 32.1 Å². The van der Waals surface area contributed by atoms with E-state index in [0.717, 1.165) is 19.3 Å². The molecule has 0 bridgehead atoms. The van der Waals surface area contributed by atoms with E-state index in [1.807, 2.05) is 0 Å². The number of urea groups is 1. The molecule has 0 radical (unpaired) electrons. The van der Waals surface area contributed by atoms with Crippen molar-refractivity contribution in [2.24, 2.45) is 0 Å². The molecule has 2 fully saturated rings. The summed E-state index contributed by atoms with van der Waals surface area (Å²) in [5.74, 6) is 0. The number of rotatable bonds is 6. The fourth-order valence-corrected chi connectivity index (χ4v) is 3.20. The number of ether oxygens (including phenoxy) is 1. The van der Waals surface area contributed by atoms with Crippen molar-refractivity contribution in [2.45, 2.75) is 76.0 Å². The molecule has 0 spiro atoms. The van der Waals surface area contributed by atoms with Gasteiger partial charge in [0.05, 0.1) is 18.2 Å². The molecule has 0 aliphatic heterocycles. The van der Waals surface area contributed by atoms with Crippen LogP contribution in [0.3, 0.4) is 0 Å². The normalized spacial score (nSPS) is 27.4. The van der Waals surface area contributed by atoms with E-state index < -0.39 is 0 Å². The number of amides is 2. The Bertz CT molecular complexity index is 293. The molecule has 2 aliphatic carbocycles. The molecule has 5 heteroatoms. The van der Waals surface area contributed by atoms with E-state index in [-0.39, 0.29) is 24.8 Å². The van der Waals surface area contributed by atoms with Gasteiger partial charge in [-0.25, -0.2) is 4.79 Å². The number of carbonyl (C=O) groups excluding carboxylic acids is 1. The van der Waals surface area contributed by atoms with Crippen LogP contribution in [0, 0.1) is 0 Å². The van der Waals surface area contributed by atoms with Crippen LogP contribution in [0.15, 0.2) is 0 Å². The summed E-state index contributed by atoms with van der Waals surface area (Å²) in [4.78, 5) is 11.8. The molecule has 5 nitrogen and oxygen atoms in total. The monoisotopic (exact) mass is 284 g/mol. The molecule has 0 aromatic rings. The van der Waals surface area contributed by atoms with Crippen LogP contribution in [-0.4, -0.2) is 42.5 Å². The lowest BCUT2D eigenvalue weighted by molar-refractivity contribution is -0.0410. The largest absolute Gasteiger partial charge is 0.396 e. The minimum atomic E-state index is -0.134. The third kappa shape index (κ3) is 4.94. The lowest BCUT2D eigenvalue weighted by atomic mass is 9.92. The van der Waals surface area contributed by atoms with Crippen LogP contribution < -0.4 is 10.6 Å². The molecule has 0 aromatic carbocycles. The second-order valence-corrected chi connectivity index (χ2v) is 5.95. The lowest BCUT2D eigenvalue weighted by Crippen LogP contribution is -2.50. The molecule has 2 saturated carbocycles. The first-order chi connectivity index (χ1) is 9.79. The Labute approximate surface area is 121 Å². The summed E-state index contributed by atoms with van der Waals surface area (Å²) in [6.45, 7) is 0.625. The van der Waals surface area contributed by atoms with Gasteiger partial charge >= 0.3 is 6.03 Å². The quantitative estimate of drug-likeness (QED) is 0.653. The average Bonchev–Trinajstić information content (AvgIpc) is 2.94. The third-order valence-corrected chi connectivity index (χ3v) is 4.31. The number of aliphatic hydroxyl groups is 1. The summed E-state index contributed by atoms with van der Waals surface area (Å²) >= 11 is 0. The molecule has 116 valence electrons.